The number of non-ortho nitro benzene ring substituents is 1. The third-order valence-electron chi connectivity index (χ3n) is 3.57. The van der Waals surface area contributed by atoms with Gasteiger partial charge in [-0.15, -0.1) is 0 Å². The Morgan fingerprint density at radius 3 is 2.55 bits per heavy atom. The van der Waals surface area contributed by atoms with Gasteiger partial charge in [0.15, 0.2) is 0 Å². The van der Waals surface area contributed by atoms with Crippen molar-refractivity contribution in [2.45, 2.75) is 38.4 Å². The second-order valence-corrected chi connectivity index (χ2v) is 5.24. The van der Waals surface area contributed by atoms with Crippen LogP contribution in [-0.4, -0.2) is 11.0 Å². The van der Waals surface area contributed by atoms with E-state index in [9.17, 15) is 23.3 Å². The molecule has 4 nitrogen and oxygen atoms in total. The summed E-state index contributed by atoms with van der Waals surface area (Å²) < 4.78 is 38.9. The molecule has 20 heavy (non-hydrogen) atoms. The highest BCUT2D eigenvalue weighted by Gasteiger charge is 2.36. The molecular weight excluding hydrogens is 273 g/mol. The molecule has 7 heteroatoms. The molecule has 1 aliphatic rings. The van der Waals surface area contributed by atoms with E-state index in [-0.39, 0.29) is 11.7 Å². The topological polar surface area (TPSA) is 55.2 Å². The quantitative estimate of drug-likeness (QED) is 0.669. The normalized spacial score (nSPS) is 22.8. The van der Waals surface area contributed by atoms with Crippen LogP contribution in [0.5, 0.6) is 0 Å². The summed E-state index contributed by atoms with van der Waals surface area (Å²) in [5, 5.41) is 13.5. The van der Waals surface area contributed by atoms with E-state index in [4.69, 9.17) is 0 Å². The van der Waals surface area contributed by atoms with Crippen LogP contribution in [-0.2, 0) is 6.18 Å². The molecule has 1 saturated carbocycles. The fourth-order valence-electron chi connectivity index (χ4n) is 2.56. The van der Waals surface area contributed by atoms with Crippen molar-refractivity contribution in [1.29, 1.82) is 0 Å². The molecule has 1 aliphatic carbocycles. The average Bonchev–Trinajstić information content (AvgIpc) is 2.73. The third-order valence-corrected chi connectivity index (χ3v) is 3.57. The van der Waals surface area contributed by atoms with Gasteiger partial charge in [-0.3, -0.25) is 10.1 Å². The Morgan fingerprint density at radius 2 is 2.05 bits per heavy atom. The molecule has 2 atom stereocenters. The Morgan fingerprint density at radius 1 is 1.35 bits per heavy atom. The van der Waals surface area contributed by atoms with E-state index in [0.29, 0.717) is 12.0 Å². The van der Waals surface area contributed by atoms with Crippen LogP contribution in [0.1, 0.15) is 31.7 Å². The average molecular weight is 288 g/mol. The fraction of sp³-hybridized carbons (Fsp3) is 0.538. The summed E-state index contributed by atoms with van der Waals surface area (Å²) >= 11 is 0. The van der Waals surface area contributed by atoms with E-state index in [1.807, 2.05) is 0 Å². The summed E-state index contributed by atoms with van der Waals surface area (Å²) in [5.41, 5.74) is -1.61. The summed E-state index contributed by atoms with van der Waals surface area (Å²) in [4.78, 5) is 9.77. The minimum atomic E-state index is -4.61. The number of anilines is 1. The van der Waals surface area contributed by atoms with Crippen LogP contribution in [0.25, 0.3) is 0 Å². The minimum absolute atomic E-state index is 0.00689. The smallest absolute Gasteiger partial charge is 0.382 e. The number of alkyl halides is 3. The maximum Gasteiger partial charge on any atom is 0.418 e. The Kier molecular flexibility index (Phi) is 3.87. The summed E-state index contributed by atoms with van der Waals surface area (Å²) in [6.07, 6.45) is -2.01. The second-order valence-electron chi connectivity index (χ2n) is 5.24. The molecule has 0 bridgehead atoms. The first-order valence-corrected chi connectivity index (χ1v) is 6.39. The first-order chi connectivity index (χ1) is 9.27. The Hall–Kier alpha value is -1.79. The molecule has 1 N–H and O–H groups in total. The Labute approximate surface area is 114 Å². The van der Waals surface area contributed by atoms with Gasteiger partial charge in [0.2, 0.25) is 0 Å². The van der Waals surface area contributed by atoms with Crippen LogP contribution in [0, 0.1) is 16.0 Å². The highest BCUT2D eigenvalue weighted by Crippen LogP contribution is 2.38. The molecule has 0 spiro atoms. The second kappa shape index (κ2) is 5.30. The number of nitro benzene ring substituents is 1. The predicted molar refractivity (Wildman–Crippen MR) is 68.5 cm³/mol. The number of nitrogens with zero attached hydrogens (tertiary/aromatic N) is 1. The summed E-state index contributed by atoms with van der Waals surface area (Å²) in [5.74, 6) is 0.486. The number of halogens is 3. The van der Waals surface area contributed by atoms with Gasteiger partial charge in [0, 0.05) is 23.9 Å². The van der Waals surface area contributed by atoms with Crippen LogP contribution in [0.4, 0.5) is 24.5 Å². The molecule has 2 unspecified atom stereocenters. The van der Waals surface area contributed by atoms with Gasteiger partial charge in [0.25, 0.3) is 5.69 Å². The van der Waals surface area contributed by atoms with Crippen molar-refractivity contribution in [3.05, 3.63) is 33.9 Å². The summed E-state index contributed by atoms with van der Waals surface area (Å²) in [7, 11) is 0. The van der Waals surface area contributed by atoms with Crippen molar-refractivity contribution in [3.63, 3.8) is 0 Å². The van der Waals surface area contributed by atoms with E-state index >= 15 is 0 Å². The molecule has 1 fully saturated rings. The molecule has 0 heterocycles. The fourth-order valence-corrected chi connectivity index (χ4v) is 2.56. The minimum Gasteiger partial charge on any atom is -0.382 e. The van der Waals surface area contributed by atoms with Crippen molar-refractivity contribution in [3.8, 4) is 0 Å². The van der Waals surface area contributed by atoms with E-state index in [1.54, 1.807) is 0 Å². The molecule has 0 aromatic heterocycles. The molecule has 0 aliphatic heterocycles. The van der Waals surface area contributed by atoms with Gasteiger partial charge in [-0.25, -0.2) is 0 Å². The monoisotopic (exact) mass is 288 g/mol. The van der Waals surface area contributed by atoms with Crippen molar-refractivity contribution in [2.75, 3.05) is 5.32 Å². The van der Waals surface area contributed by atoms with Gasteiger partial charge in [-0.1, -0.05) is 6.92 Å². The molecule has 0 amide bonds. The van der Waals surface area contributed by atoms with Gasteiger partial charge < -0.3 is 5.32 Å². The van der Waals surface area contributed by atoms with E-state index in [0.717, 1.165) is 31.4 Å². The van der Waals surface area contributed by atoms with E-state index in [1.165, 1.54) is 0 Å². The lowest BCUT2D eigenvalue weighted by Crippen LogP contribution is -2.19. The lowest BCUT2D eigenvalue weighted by molar-refractivity contribution is -0.385. The van der Waals surface area contributed by atoms with E-state index < -0.39 is 22.4 Å². The van der Waals surface area contributed by atoms with Crippen molar-refractivity contribution in [1.82, 2.24) is 0 Å². The maximum absolute atomic E-state index is 13.0. The zero-order chi connectivity index (χ0) is 14.9. The molecule has 1 aromatic rings. The van der Waals surface area contributed by atoms with Gasteiger partial charge >= 0.3 is 6.18 Å². The molecular formula is C13H15F3N2O2. The molecule has 0 radical (unpaired) electrons. The number of nitrogens with one attached hydrogen (secondary N) is 1. The van der Waals surface area contributed by atoms with Crippen molar-refractivity contribution < 1.29 is 18.1 Å². The van der Waals surface area contributed by atoms with Crippen LogP contribution in [0.15, 0.2) is 18.2 Å². The highest BCUT2D eigenvalue weighted by molar-refractivity contribution is 5.58. The largest absolute Gasteiger partial charge is 0.418 e. The number of nitro groups is 1. The van der Waals surface area contributed by atoms with E-state index in [2.05, 4.69) is 12.2 Å². The van der Waals surface area contributed by atoms with Gasteiger partial charge in [0.05, 0.1) is 10.5 Å². The number of benzene rings is 1. The van der Waals surface area contributed by atoms with Crippen LogP contribution < -0.4 is 5.32 Å². The standard InChI is InChI=1S/C13H15F3N2O2/c1-8-2-3-9(6-8)17-12-5-4-10(18(19)20)7-11(12)13(14,15)16/h4-5,7-9,17H,2-3,6H2,1H3. The lowest BCUT2D eigenvalue weighted by atomic mass is 10.1. The van der Waals surface area contributed by atoms with Crippen LogP contribution >= 0.6 is 0 Å². The number of hydrogen-bond donors (Lipinski definition) is 1. The molecule has 1 aromatic carbocycles. The molecule has 0 saturated heterocycles. The SMILES string of the molecule is CC1CCC(Nc2ccc([N+](=O)[O-])cc2C(F)(F)F)C1. The molecule has 2 rings (SSSR count). The van der Waals surface area contributed by atoms with Gasteiger partial charge in [0.1, 0.15) is 0 Å². The zero-order valence-electron chi connectivity index (χ0n) is 10.9. The van der Waals surface area contributed by atoms with Crippen molar-refractivity contribution in [2.24, 2.45) is 5.92 Å². The van der Waals surface area contributed by atoms with Crippen LogP contribution in [0.3, 0.4) is 0 Å². The van der Waals surface area contributed by atoms with Gasteiger partial charge in [-0.2, -0.15) is 13.2 Å². The first kappa shape index (κ1) is 14.6. The Bertz CT molecular complexity index is 517. The number of hydrogen-bond acceptors (Lipinski definition) is 3. The third kappa shape index (κ3) is 3.20. The van der Waals surface area contributed by atoms with Gasteiger partial charge in [-0.05, 0) is 31.2 Å². The highest BCUT2D eigenvalue weighted by atomic mass is 19.4. The van der Waals surface area contributed by atoms with Crippen LogP contribution in [0.2, 0.25) is 0 Å². The Balaban J connectivity index is 2.29. The lowest BCUT2D eigenvalue weighted by Gasteiger charge is -2.18. The maximum atomic E-state index is 13.0. The zero-order valence-corrected chi connectivity index (χ0v) is 10.9. The predicted octanol–water partition coefficient (Wildman–Crippen LogP) is 4.21. The number of rotatable bonds is 3. The van der Waals surface area contributed by atoms with Crippen molar-refractivity contribution >= 4 is 11.4 Å². The summed E-state index contributed by atoms with van der Waals surface area (Å²) in [6.45, 7) is 2.06. The summed E-state index contributed by atoms with van der Waals surface area (Å²) in [6, 6.07) is 2.81. The molecule has 110 valence electrons. The first-order valence-electron chi connectivity index (χ1n) is 6.39.